The summed E-state index contributed by atoms with van der Waals surface area (Å²) in [6.07, 6.45) is 0. The van der Waals surface area contributed by atoms with Crippen LogP contribution in [0.1, 0.15) is 24.1 Å². The van der Waals surface area contributed by atoms with Gasteiger partial charge in [-0.15, -0.1) is 0 Å². The highest BCUT2D eigenvalue weighted by atomic mass is 79.9. The maximum Gasteiger partial charge on any atom is 0.133 e. The molecule has 0 saturated carbocycles. The Kier molecular flexibility index (Phi) is 5.46. The molecule has 0 bridgehead atoms. The molecule has 1 atom stereocenters. The number of benzene rings is 2. The summed E-state index contributed by atoms with van der Waals surface area (Å²) in [6.45, 7) is 2.62. The zero-order valence-electron chi connectivity index (χ0n) is 11.5. The molecule has 0 heterocycles. The van der Waals surface area contributed by atoms with Gasteiger partial charge in [0, 0.05) is 5.02 Å². The average Bonchev–Trinajstić information content (AvgIpc) is 2.45. The smallest absolute Gasteiger partial charge is 0.133 e. The number of hydrogen-bond acceptors (Lipinski definition) is 2. The van der Waals surface area contributed by atoms with Gasteiger partial charge in [0.15, 0.2) is 0 Å². The van der Waals surface area contributed by atoms with Gasteiger partial charge >= 0.3 is 0 Å². The van der Waals surface area contributed by atoms with Gasteiger partial charge in [-0.3, -0.25) is 0 Å². The third-order valence-corrected chi connectivity index (χ3v) is 4.06. The highest BCUT2D eigenvalue weighted by Crippen LogP contribution is 2.33. The minimum atomic E-state index is 0.0516. The van der Waals surface area contributed by atoms with Crippen LogP contribution in [0.25, 0.3) is 0 Å². The Hall–Kier alpha value is -1.03. The van der Waals surface area contributed by atoms with Crippen molar-refractivity contribution in [2.75, 3.05) is 13.7 Å². The molecule has 2 aromatic rings. The second kappa shape index (κ2) is 7.11. The van der Waals surface area contributed by atoms with Crippen LogP contribution in [0.4, 0.5) is 0 Å². The monoisotopic (exact) mass is 353 g/mol. The van der Waals surface area contributed by atoms with Crippen LogP contribution >= 0.6 is 27.5 Å². The van der Waals surface area contributed by atoms with E-state index in [9.17, 15) is 0 Å². The van der Waals surface area contributed by atoms with Crippen molar-refractivity contribution in [3.05, 3.63) is 63.1 Å². The molecule has 0 fully saturated rings. The molecular formula is C16H17BrClNO. The first-order valence-electron chi connectivity index (χ1n) is 6.51. The second-order valence-electron chi connectivity index (χ2n) is 4.37. The van der Waals surface area contributed by atoms with Crippen molar-refractivity contribution in [1.82, 2.24) is 5.32 Å². The molecular weight excluding hydrogens is 338 g/mol. The molecule has 2 aromatic carbocycles. The largest absolute Gasteiger partial charge is 0.493 e. The zero-order valence-corrected chi connectivity index (χ0v) is 13.8. The third kappa shape index (κ3) is 3.35. The molecule has 20 heavy (non-hydrogen) atoms. The molecule has 0 amide bonds. The van der Waals surface area contributed by atoms with E-state index in [2.05, 4.69) is 33.4 Å². The van der Waals surface area contributed by atoms with Crippen molar-refractivity contribution in [1.29, 1.82) is 0 Å². The Balaban J connectivity index is 2.38. The molecule has 4 heteroatoms. The maximum atomic E-state index is 6.29. The summed E-state index contributed by atoms with van der Waals surface area (Å²) in [5, 5.41) is 4.07. The van der Waals surface area contributed by atoms with Gasteiger partial charge in [0.25, 0.3) is 0 Å². The minimum Gasteiger partial charge on any atom is -0.493 e. The Bertz CT molecular complexity index is 588. The van der Waals surface area contributed by atoms with Gasteiger partial charge < -0.3 is 10.1 Å². The highest BCUT2D eigenvalue weighted by Gasteiger charge is 2.16. The lowest BCUT2D eigenvalue weighted by Gasteiger charge is -2.19. The summed E-state index contributed by atoms with van der Waals surface area (Å²) in [6, 6.07) is 14.0. The van der Waals surface area contributed by atoms with Gasteiger partial charge in [0.1, 0.15) is 5.75 Å². The second-order valence-corrected chi connectivity index (χ2v) is 5.63. The van der Waals surface area contributed by atoms with E-state index in [4.69, 9.17) is 16.3 Å². The lowest BCUT2D eigenvalue weighted by Crippen LogP contribution is -2.18. The van der Waals surface area contributed by atoms with Crippen LogP contribution in [0.3, 0.4) is 0 Å². The van der Waals surface area contributed by atoms with Crippen molar-refractivity contribution >= 4 is 27.5 Å². The van der Waals surface area contributed by atoms with Gasteiger partial charge in [-0.05, 0) is 59.2 Å². The predicted molar refractivity (Wildman–Crippen MR) is 87.7 cm³/mol. The van der Waals surface area contributed by atoms with Crippen LogP contribution in [0.15, 0.2) is 46.9 Å². The quantitative estimate of drug-likeness (QED) is 0.832. The number of halogens is 2. The van der Waals surface area contributed by atoms with Crippen LogP contribution in [-0.4, -0.2) is 13.7 Å². The molecule has 0 aliphatic carbocycles. The van der Waals surface area contributed by atoms with Crippen molar-refractivity contribution in [2.24, 2.45) is 0 Å². The van der Waals surface area contributed by atoms with Crippen LogP contribution in [0.2, 0.25) is 5.02 Å². The van der Waals surface area contributed by atoms with Crippen LogP contribution in [0.5, 0.6) is 5.75 Å². The van der Waals surface area contributed by atoms with Crippen molar-refractivity contribution < 1.29 is 4.74 Å². The Morgan fingerprint density at radius 2 is 2.00 bits per heavy atom. The van der Waals surface area contributed by atoms with Crippen LogP contribution in [-0.2, 0) is 0 Å². The fraction of sp³-hybridized carbons (Fsp3) is 0.250. The number of nitrogens with one attached hydrogen (secondary N) is 1. The summed E-state index contributed by atoms with van der Waals surface area (Å²) in [5.74, 6) is 0.852. The molecule has 0 aliphatic heterocycles. The molecule has 0 aromatic heterocycles. The molecule has 0 spiro atoms. The van der Waals surface area contributed by atoms with E-state index in [0.29, 0.717) is 6.61 Å². The maximum absolute atomic E-state index is 6.29. The molecule has 2 rings (SSSR count). The lowest BCUT2D eigenvalue weighted by atomic mass is 9.99. The summed E-state index contributed by atoms with van der Waals surface area (Å²) < 4.78 is 6.49. The van der Waals surface area contributed by atoms with Gasteiger partial charge in [-0.25, -0.2) is 0 Å². The predicted octanol–water partition coefficient (Wildman–Crippen LogP) is 4.81. The summed E-state index contributed by atoms with van der Waals surface area (Å²) in [4.78, 5) is 0. The van der Waals surface area contributed by atoms with Crippen LogP contribution < -0.4 is 10.1 Å². The minimum absolute atomic E-state index is 0.0516. The van der Waals surface area contributed by atoms with E-state index in [1.807, 2.05) is 44.3 Å². The summed E-state index contributed by atoms with van der Waals surface area (Å²) in [5.41, 5.74) is 2.20. The standard InChI is InChI=1S/C16H17BrClNO/c1-3-20-15-9-8-11(10-13(15)17)16(19-2)12-6-4-5-7-14(12)18/h4-10,16,19H,3H2,1-2H3. The molecule has 0 radical (unpaired) electrons. The van der Waals surface area contributed by atoms with E-state index in [1.54, 1.807) is 0 Å². The van der Waals surface area contributed by atoms with Gasteiger partial charge in [-0.1, -0.05) is 35.9 Å². The van der Waals surface area contributed by atoms with Gasteiger partial charge in [0.2, 0.25) is 0 Å². The van der Waals surface area contributed by atoms with E-state index >= 15 is 0 Å². The third-order valence-electron chi connectivity index (χ3n) is 3.09. The lowest BCUT2D eigenvalue weighted by molar-refractivity contribution is 0.338. The first kappa shape index (κ1) is 15.4. The SMILES string of the molecule is CCOc1ccc(C(NC)c2ccccc2Cl)cc1Br. The number of rotatable bonds is 5. The zero-order chi connectivity index (χ0) is 14.5. The van der Waals surface area contributed by atoms with Crippen molar-refractivity contribution in [2.45, 2.75) is 13.0 Å². The molecule has 0 aliphatic rings. The normalized spacial score (nSPS) is 12.2. The van der Waals surface area contributed by atoms with Gasteiger partial charge in [-0.2, -0.15) is 0 Å². The number of hydrogen-bond donors (Lipinski definition) is 1. The first-order valence-corrected chi connectivity index (χ1v) is 7.68. The molecule has 2 nitrogen and oxygen atoms in total. The van der Waals surface area contributed by atoms with Crippen LogP contribution in [0, 0.1) is 0 Å². The Morgan fingerprint density at radius 3 is 2.60 bits per heavy atom. The van der Waals surface area contributed by atoms with E-state index in [-0.39, 0.29) is 6.04 Å². The summed E-state index contributed by atoms with van der Waals surface area (Å²) in [7, 11) is 1.93. The van der Waals surface area contributed by atoms with Gasteiger partial charge in [0.05, 0.1) is 17.1 Å². The van der Waals surface area contributed by atoms with Crippen molar-refractivity contribution in [3.8, 4) is 5.75 Å². The first-order chi connectivity index (χ1) is 9.67. The summed E-state index contributed by atoms with van der Waals surface area (Å²) >= 11 is 9.84. The number of ether oxygens (including phenoxy) is 1. The molecule has 1 N–H and O–H groups in total. The fourth-order valence-corrected chi connectivity index (χ4v) is 2.94. The van der Waals surface area contributed by atoms with E-state index in [1.165, 1.54) is 0 Å². The average molecular weight is 355 g/mol. The molecule has 106 valence electrons. The van der Waals surface area contributed by atoms with E-state index < -0.39 is 0 Å². The Morgan fingerprint density at radius 1 is 1.25 bits per heavy atom. The molecule has 1 unspecified atom stereocenters. The van der Waals surface area contributed by atoms with Crippen molar-refractivity contribution in [3.63, 3.8) is 0 Å². The molecule has 0 saturated heterocycles. The highest BCUT2D eigenvalue weighted by molar-refractivity contribution is 9.10. The topological polar surface area (TPSA) is 21.3 Å². The fourth-order valence-electron chi connectivity index (χ4n) is 2.18. The van der Waals surface area contributed by atoms with E-state index in [0.717, 1.165) is 26.4 Å². The Labute approximate surface area is 133 Å².